The van der Waals surface area contributed by atoms with E-state index in [4.69, 9.17) is 0 Å². The Labute approximate surface area is 112 Å². The van der Waals surface area contributed by atoms with Crippen LogP contribution in [0, 0.1) is 0 Å². The molecule has 0 radical (unpaired) electrons. The van der Waals surface area contributed by atoms with E-state index in [0.29, 0.717) is 0 Å². The van der Waals surface area contributed by atoms with Crippen LogP contribution in [0.2, 0.25) is 0 Å². The van der Waals surface area contributed by atoms with Crippen molar-refractivity contribution < 1.29 is 27.8 Å². The molecule has 0 bridgehead atoms. The van der Waals surface area contributed by atoms with E-state index in [1.54, 1.807) is 0 Å². The summed E-state index contributed by atoms with van der Waals surface area (Å²) < 4.78 is 41.8. The van der Waals surface area contributed by atoms with Crippen molar-refractivity contribution in [2.75, 3.05) is 7.11 Å². The number of esters is 1. The van der Waals surface area contributed by atoms with Gasteiger partial charge in [0, 0.05) is 0 Å². The van der Waals surface area contributed by atoms with E-state index >= 15 is 0 Å². The van der Waals surface area contributed by atoms with Gasteiger partial charge in [-0.2, -0.15) is 18.3 Å². The molecule has 0 unspecified atom stereocenters. The molecule has 1 aromatic carbocycles. The van der Waals surface area contributed by atoms with Crippen molar-refractivity contribution in [3.05, 3.63) is 41.3 Å². The van der Waals surface area contributed by atoms with Gasteiger partial charge in [0.15, 0.2) is 0 Å². The van der Waals surface area contributed by atoms with Crippen LogP contribution in [0.4, 0.5) is 18.9 Å². The Morgan fingerprint density at radius 2 is 2.00 bits per heavy atom. The normalized spacial score (nSPS) is 13.2. The average Bonchev–Trinajstić information content (AvgIpc) is 2.37. The first-order valence-corrected chi connectivity index (χ1v) is 5.33. The monoisotopic (exact) mass is 288 g/mol. The van der Waals surface area contributed by atoms with Crippen molar-refractivity contribution in [3.63, 3.8) is 0 Å². The Morgan fingerprint density at radius 1 is 1.35 bits per heavy atom. The van der Waals surface area contributed by atoms with Crippen molar-refractivity contribution >= 4 is 11.7 Å². The van der Waals surface area contributed by atoms with E-state index in [0.717, 1.165) is 25.3 Å². The number of carbonyl (C=O) groups excluding carboxylic acids is 1. The van der Waals surface area contributed by atoms with Crippen LogP contribution in [-0.2, 0) is 15.7 Å². The number of methoxy groups -OCH3 is 1. The van der Waals surface area contributed by atoms with Gasteiger partial charge in [-0.15, -0.1) is 5.11 Å². The number of rotatable bonds is 3. The number of ether oxygens (including phenoxy) is 1. The molecule has 20 heavy (non-hydrogen) atoms. The molecule has 0 saturated heterocycles. The number of benzene rings is 1. The summed E-state index contributed by atoms with van der Waals surface area (Å²) in [6, 6.07) is 4.09. The molecule has 0 aliphatic heterocycles. The van der Waals surface area contributed by atoms with Gasteiger partial charge in [-0.25, -0.2) is 4.79 Å². The maximum Gasteiger partial charge on any atom is 0.416 e. The second-order valence-corrected chi connectivity index (χ2v) is 3.67. The SMILES string of the molecule is COC(=O)/C(N=Nc1cccc(C(F)(F)F)c1)=C(/C)O. The molecule has 0 heterocycles. The van der Waals surface area contributed by atoms with Crippen LogP contribution in [0.15, 0.2) is 46.0 Å². The van der Waals surface area contributed by atoms with Crippen molar-refractivity contribution in [2.24, 2.45) is 10.2 Å². The first-order valence-electron chi connectivity index (χ1n) is 5.33. The number of aliphatic hydroxyl groups excluding tert-OH is 1. The van der Waals surface area contributed by atoms with Crippen LogP contribution in [-0.4, -0.2) is 18.2 Å². The summed E-state index contributed by atoms with van der Waals surface area (Å²) in [6.45, 7) is 1.18. The van der Waals surface area contributed by atoms with E-state index in [-0.39, 0.29) is 5.69 Å². The zero-order valence-corrected chi connectivity index (χ0v) is 10.6. The summed E-state index contributed by atoms with van der Waals surface area (Å²) in [7, 11) is 1.07. The molecule has 1 aromatic rings. The summed E-state index contributed by atoms with van der Waals surface area (Å²) in [5.41, 5.74) is -1.48. The lowest BCUT2D eigenvalue weighted by Gasteiger charge is -2.06. The van der Waals surface area contributed by atoms with Gasteiger partial charge in [-0.3, -0.25) is 0 Å². The van der Waals surface area contributed by atoms with Gasteiger partial charge >= 0.3 is 12.1 Å². The van der Waals surface area contributed by atoms with Gasteiger partial charge in [-0.1, -0.05) is 6.07 Å². The zero-order chi connectivity index (χ0) is 15.3. The van der Waals surface area contributed by atoms with E-state index in [1.165, 1.54) is 13.0 Å². The Kier molecular flexibility index (Phi) is 4.84. The van der Waals surface area contributed by atoms with Gasteiger partial charge in [0.2, 0.25) is 5.70 Å². The Bertz CT molecular complexity index is 561. The van der Waals surface area contributed by atoms with Crippen LogP contribution < -0.4 is 0 Å². The number of alkyl halides is 3. The number of halogens is 3. The highest BCUT2D eigenvalue weighted by molar-refractivity contribution is 5.88. The highest BCUT2D eigenvalue weighted by Crippen LogP contribution is 2.31. The molecule has 0 spiro atoms. The molecule has 1 N–H and O–H groups in total. The van der Waals surface area contributed by atoms with Gasteiger partial charge in [0.25, 0.3) is 0 Å². The highest BCUT2D eigenvalue weighted by Gasteiger charge is 2.30. The summed E-state index contributed by atoms with van der Waals surface area (Å²) in [4.78, 5) is 11.2. The minimum atomic E-state index is -4.50. The molecule has 0 aliphatic rings. The summed E-state index contributed by atoms with van der Waals surface area (Å²) in [5, 5.41) is 16.1. The second-order valence-electron chi connectivity index (χ2n) is 3.67. The molecule has 0 aliphatic carbocycles. The smallest absolute Gasteiger partial charge is 0.416 e. The number of aliphatic hydroxyl groups is 1. The number of hydrogen-bond acceptors (Lipinski definition) is 5. The molecule has 108 valence electrons. The largest absolute Gasteiger partial charge is 0.510 e. The van der Waals surface area contributed by atoms with Crippen LogP contribution in [0.3, 0.4) is 0 Å². The standard InChI is InChI=1S/C12H11F3N2O3/c1-7(18)10(11(19)20-2)17-16-9-5-3-4-8(6-9)12(13,14)15/h3-6,18H,1-2H3/b10-7+,17-16?. The molecule has 0 aromatic heterocycles. The maximum absolute atomic E-state index is 12.5. The van der Waals surface area contributed by atoms with E-state index in [2.05, 4.69) is 15.0 Å². The average molecular weight is 288 g/mol. The minimum Gasteiger partial charge on any atom is -0.510 e. The topological polar surface area (TPSA) is 71.2 Å². The van der Waals surface area contributed by atoms with Crippen LogP contribution in [0.1, 0.15) is 12.5 Å². The lowest BCUT2D eigenvalue weighted by Crippen LogP contribution is -2.05. The first-order chi connectivity index (χ1) is 9.25. The number of nitrogens with zero attached hydrogens (tertiary/aromatic N) is 2. The van der Waals surface area contributed by atoms with Gasteiger partial charge in [-0.05, 0) is 25.1 Å². The molecule has 8 heteroatoms. The highest BCUT2D eigenvalue weighted by atomic mass is 19.4. The fourth-order valence-electron chi connectivity index (χ4n) is 1.21. The van der Waals surface area contributed by atoms with Crippen molar-refractivity contribution in [1.82, 2.24) is 0 Å². The molecule has 0 fully saturated rings. The molecule has 0 atom stereocenters. The summed E-state index contributed by atoms with van der Waals surface area (Å²) in [5.74, 6) is -1.40. The Hall–Kier alpha value is -2.38. The molecule has 5 nitrogen and oxygen atoms in total. The predicted molar refractivity (Wildman–Crippen MR) is 63.3 cm³/mol. The lowest BCUT2D eigenvalue weighted by atomic mass is 10.2. The third-order valence-corrected chi connectivity index (χ3v) is 2.16. The maximum atomic E-state index is 12.5. The van der Waals surface area contributed by atoms with E-state index in [9.17, 15) is 23.1 Å². The first kappa shape index (κ1) is 15.7. The molecule has 1 rings (SSSR count). The number of carbonyl (C=O) groups is 1. The molecular formula is C12H11F3N2O3. The van der Waals surface area contributed by atoms with Crippen LogP contribution in [0.5, 0.6) is 0 Å². The van der Waals surface area contributed by atoms with Gasteiger partial charge in [0.05, 0.1) is 18.4 Å². The van der Waals surface area contributed by atoms with Gasteiger partial charge < -0.3 is 9.84 Å². The fraction of sp³-hybridized carbons (Fsp3) is 0.250. The van der Waals surface area contributed by atoms with Crippen molar-refractivity contribution in [3.8, 4) is 0 Å². The Morgan fingerprint density at radius 3 is 2.50 bits per heavy atom. The van der Waals surface area contributed by atoms with Crippen molar-refractivity contribution in [1.29, 1.82) is 0 Å². The summed E-state index contributed by atoms with van der Waals surface area (Å²) in [6.07, 6.45) is -4.50. The zero-order valence-electron chi connectivity index (χ0n) is 10.6. The van der Waals surface area contributed by atoms with Gasteiger partial charge in [0.1, 0.15) is 5.76 Å². The number of azo groups is 1. The minimum absolute atomic E-state index is 0.109. The van der Waals surface area contributed by atoms with E-state index in [1.807, 2.05) is 0 Å². The second kappa shape index (κ2) is 6.18. The van der Waals surface area contributed by atoms with E-state index < -0.39 is 29.2 Å². The number of hydrogen-bond donors (Lipinski definition) is 1. The van der Waals surface area contributed by atoms with Crippen LogP contribution in [0.25, 0.3) is 0 Å². The van der Waals surface area contributed by atoms with Crippen molar-refractivity contribution in [2.45, 2.75) is 13.1 Å². The lowest BCUT2D eigenvalue weighted by molar-refractivity contribution is -0.138. The third-order valence-electron chi connectivity index (χ3n) is 2.16. The number of allylic oxidation sites excluding steroid dienone is 1. The fourth-order valence-corrected chi connectivity index (χ4v) is 1.21. The molecular weight excluding hydrogens is 277 g/mol. The molecule has 0 amide bonds. The van der Waals surface area contributed by atoms with Crippen LogP contribution >= 0.6 is 0 Å². The quantitative estimate of drug-likeness (QED) is 0.398. The molecule has 0 saturated carbocycles. The predicted octanol–water partition coefficient (Wildman–Crippen LogP) is 3.75. The third kappa shape index (κ3) is 4.08. The summed E-state index contributed by atoms with van der Waals surface area (Å²) >= 11 is 0. The Balaban J connectivity index is 3.07.